The molecule has 3 aromatic heterocycles. The van der Waals surface area contributed by atoms with E-state index >= 15 is 0 Å². The summed E-state index contributed by atoms with van der Waals surface area (Å²) in [6.07, 6.45) is 3.62. The lowest BCUT2D eigenvalue weighted by Crippen LogP contribution is -1.97. The van der Waals surface area contributed by atoms with Gasteiger partial charge in [0.15, 0.2) is 0 Å². The van der Waals surface area contributed by atoms with Crippen molar-refractivity contribution in [1.29, 1.82) is 0 Å². The Kier molecular flexibility index (Phi) is 5.96. The Morgan fingerprint density at radius 2 is 0.977 bits per heavy atom. The third-order valence-electron chi connectivity index (χ3n) is 8.07. The molecule has 0 saturated heterocycles. The summed E-state index contributed by atoms with van der Waals surface area (Å²) in [5.41, 5.74) is 8.36. The van der Waals surface area contributed by atoms with Crippen molar-refractivity contribution in [3.05, 3.63) is 134 Å². The molecule has 8 aromatic rings. The Morgan fingerprint density at radius 1 is 0.409 bits per heavy atom. The van der Waals surface area contributed by atoms with Gasteiger partial charge >= 0.3 is 0 Å². The number of para-hydroxylation sites is 2. The van der Waals surface area contributed by atoms with Crippen LogP contribution in [0.25, 0.3) is 66.2 Å². The lowest BCUT2D eigenvalue weighted by molar-refractivity contribution is 0.953. The van der Waals surface area contributed by atoms with E-state index in [1.807, 2.05) is 48.8 Å². The predicted octanol–water partition coefficient (Wildman–Crippen LogP) is 10.3. The number of nitrogens with zero attached hydrogens (tertiary/aromatic N) is 4. The number of pyridine rings is 2. The fourth-order valence-corrected chi connectivity index (χ4v) is 8.23. The fraction of sp³-hybridized carbons (Fsp3) is 0. The minimum atomic E-state index is 0.924. The van der Waals surface area contributed by atoms with Crippen LogP contribution in [0.2, 0.25) is 0 Å². The zero-order valence-electron chi connectivity index (χ0n) is 23.3. The molecule has 9 rings (SSSR count). The van der Waals surface area contributed by atoms with Crippen molar-refractivity contribution in [2.45, 2.75) is 19.8 Å². The van der Waals surface area contributed by atoms with Crippen molar-refractivity contribution < 1.29 is 0 Å². The number of rotatable bonds is 3. The second kappa shape index (κ2) is 10.3. The molecule has 206 valence electrons. The van der Waals surface area contributed by atoms with Crippen LogP contribution in [-0.2, 0) is 0 Å². The molecule has 1 aliphatic rings. The van der Waals surface area contributed by atoms with Crippen molar-refractivity contribution in [3.8, 4) is 33.6 Å². The molecule has 5 aromatic carbocycles. The Labute approximate surface area is 262 Å². The molecule has 0 atom stereocenters. The highest BCUT2D eigenvalue weighted by Gasteiger charge is 2.23. The number of fused-ring (bicyclic) bond motifs is 5. The van der Waals surface area contributed by atoms with E-state index in [0.29, 0.717) is 0 Å². The van der Waals surface area contributed by atoms with Crippen molar-refractivity contribution in [2.24, 2.45) is 0 Å². The summed E-state index contributed by atoms with van der Waals surface area (Å²) in [6.45, 7) is 0. The van der Waals surface area contributed by atoms with Gasteiger partial charge < -0.3 is 0 Å². The third-order valence-corrected chi connectivity index (χ3v) is 10.4. The van der Waals surface area contributed by atoms with Crippen molar-refractivity contribution >= 4 is 56.1 Å². The van der Waals surface area contributed by atoms with Gasteiger partial charge in [0.25, 0.3) is 0 Å². The number of hydrogen-bond donors (Lipinski definition) is 0. The maximum absolute atomic E-state index is 5.17. The Morgan fingerprint density at radius 3 is 1.64 bits per heavy atom. The monoisotopic (exact) mass is 598 g/mol. The molecule has 0 unspecified atom stereocenters. The molecule has 0 N–H and O–H groups in total. The van der Waals surface area contributed by atoms with Crippen LogP contribution in [0.1, 0.15) is 0 Å². The normalized spacial score (nSPS) is 12.4. The highest BCUT2D eigenvalue weighted by atomic mass is 32.2. The van der Waals surface area contributed by atoms with Crippen LogP contribution in [0.4, 0.5) is 0 Å². The molecule has 0 amide bonds. The minimum absolute atomic E-state index is 0.924. The highest BCUT2D eigenvalue weighted by molar-refractivity contribution is 8.05. The molecule has 0 spiro atoms. The first kappa shape index (κ1) is 25.5. The van der Waals surface area contributed by atoms with E-state index in [2.05, 4.69) is 89.9 Å². The summed E-state index contributed by atoms with van der Waals surface area (Å²) in [7, 11) is 0. The van der Waals surface area contributed by atoms with Crippen molar-refractivity contribution in [2.75, 3.05) is 0 Å². The standard InChI is InChI=1S/C38H22N4S2/c1-3-10-27-25(8-1)35(24-16-17-33-34(22-24)44-38-37(43-33)41-30-12-5-6-13-31(30)42-38)26-9-2-4-11-28(26)36(27)32-15-7-14-29(40-32)23-18-20-39-21-19-23/h1-22H. The largest absolute Gasteiger partial charge is 0.265 e. The molecule has 4 heterocycles. The minimum Gasteiger partial charge on any atom is -0.265 e. The SMILES string of the molecule is c1cc(-c2ccncc2)nc(-c2c3ccccc3c(-c3ccc4c(c3)Sc3nc5ccccc5nc3S4)c3ccccc23)c1. The highest BCUT2D eigenvalue weighted by Crippen LogP contribution is 2.50. The van der Waals surface area contributed by atoms with Crippen LogP contribution in [0.5, 0.6) is 0 Å². The average Bonchev–Trinajstić information content (AvgIpc) is 3.09. The van der Waals surface area contributed by atoms with Crippen LogP contribution in [0.15, 0.2) is 154 Å². The maximum atomic E-state index is 5.17. The van der Waals surface area contributed by atoms with Crippen LogP contribution in [0.3, 0.4) is 0 Å². The van der Waals surface area contributed by atoms with Gasteiger partial charge in [0, 0.05) is 33.3 Å². The van der Waals surface area contributed by atoms with Gasteiger partial charge in [0.05, 0.1) is 22.4 Å². The predicted molar refractivity (Wildman–Crippen MR) is 181 cm³/mol. The molecule has 1 aliphatic heterocycles. The summed E-state index contributed by atoms with van der Waals surface area (Å²) in [5.74, 6) is 0. The van der Waals surface area contributed by atoms with E-state index in [9.17, 15) is 0 Å². The summed E-state index contributed by atoms with van der Waals surface area (Å²) < 4.78 is 0. The molecule has 0 radical (unpaired) electrons. The number of benzene rings is 5. The van der Waals surface area contributed by atoms with Gasteiger partial charge in [-0.15, -0.1) is 0 Å². The molecule has 0 fully saturated rings. The van der Waals surface area contributed by atoms with E-state index in [1.165, 1.54) is 42.5 Å². The first-order valence-corrected chi connectivity index (χ1v) is 16.0. The summed E-state index contributed by atoms with van der Waals surface area (Å²) >= 11 is 3.41. The maximum Gasteiger partial charge on any atom is 0.134 e. The molecule has 4 nitrogen and oxygen atoms in total. The molecule has 6 heteroatoms. The van der Waals surface area contributed by atoms with Crippen LogP contribution >= 0.6 is 23.5 Å². The lowest BCUT2D eigenvalue weighted by atomic mass is 9.87. The average molecular weight is 599 g/mol. The summed E-state index contributed by atoms with van der Waals surface area (Å²) in [5, 5.41) is 6.71. The van der Waals surface area contributed by atoms with Gasteiger partial charge in [0.1, 0.15) is 10.1 Å². The third kappa shape index (κ3) is 4.18. The Bertz CT molecular complexity index is 2350. The van der Waals surface area contributed by atoms with Crippen LogP contribution in [-0.4, -0.2) is 19.9 Å². The molecular weight excluding hydrogens is 577 g/mol. The molecule has 0 aliphatic carbocycles. The first-order chi connectivity index (χ1) is 21.8. The Balaban J connectivity index is 1.23. The first-order valence-electron chi connectivity index (χ1n) is 14.4. The van der Waals surface area contributed by atoms with Gasteiger partial charge in [-0.2, -0.15) is 0 Å². The van der Waals surface area contributed by atoms with Crippen molar-refractivity contribution in [1.82, 2.24) is 19.9 Å². The molecular formula is C38H22N4S2. The summed E-state index contributed by atoms with van der Waals surface area (Å²) in [6, 6.07) is 42.6. The van der Waals surface area contributed by atoms with E-state index in [1.54, 1.807) is 23.5 Å². The van der Waals surface area contributed by atoms with Crippen molar-refractivity contribution in [3.63, 3.8) is 0 Å². The van der Waals surface area contributed by atoms with E-state index < -0.39 is 0 Å². The molecule has 44 heavy (non-hydrogen) atoms. The van der Waals surface area contributed by atoms with Gasteiger partial charge in [0.2, 0.25) is 0 Å². The van der Waals surface area contributed by atoms with Crippen LogP contribution in [0, 0.1) is 0 Å². The number of hydrogen-bond acceptors (Lipinski definition) is 6. The topological polar surface area (TPSA) is 51.6 Å². The second-order valence-electron chi connectivity index (χ2n) is 10.7. The number of aromatic nitrogens is 4. The van der Waals surface area contributed by atoms with E-state index in [-0.39, 0.29) is 0 Å². The van der Waals surface area contributed by atoms with Gasteiger partial charge in [-0.05, 0) is 81.2 Å². The zero-order valence-corrected chi connectivity index (χ0v) is 24.9. The summed E-state index contributed by atoms with van der Waals surface area (Å²) in [4.78, 5) is 21.6. The van der Waals surface area contributed by atoms with Gasteiger partial charge in [-0.25, -0.2) is 15.0 Å². The van der Waals surface area contributed by atoms with Gasteiger partial charge in [-0.3, -0.25) is 4.98 Å². The zero-order chi connectivity index (χ0) is 29.0. The second-order valence-corrected chi connectivity index (χ2v) is 12.7. The van der Waals surface area contributed by atoms with E-state index in [4.69, 9.17) is 15.0 Å². The van der Waals surface area contributed by atoms with Gasteiger partial charge in [-0.1, -0.05) is 96.3 Å². The fourth-order valence-electron chi connectivity index (χ4n) is 6.11. The quantitative estimate of drug-likeness (QED) is 0.189. The van der Waals surface area contributed by atoms with Crippen LogP contribution < -0.4 is 0 Å². The molecule has 0 bridgehead atoms. The smallest absolute Gasteiger partial charge is 0.134 e. The van der Waals surface area contributed by atoms with E-state index in [0.717, 1.165) is 43.6 Å². The lowest BCUT2D eigenvalue weighted by Gasteiger charge is -2.20. The molecule has 0 saturated carbocycles. The Hall–Kier alpha value is -5.04.